The first kappa shape index (κ1) is 17.6. The van der Waals surface area contributed by atoms with Gasteiger partial charge in [-0.3, -0.25) is 14.4 Å². The molecule has 0 fully saturated rings. The molecule has 2 unspecified atom stereocenters. The lowest BCUT2D eigenvalue weighted by Crippen LogP contribution is -2.53. The molecular formula is C17H26O4. The van der Waals surface area contributed by atoms with Gasteiger partial charge < -0.3 is 4.74 Å². The molecule has 118 valence electrons. The third kappa shape index (κ3) is 2.81. The highest BCUT2D eigenvalue weighted by Gasteiger charge is 2.56. The number of rotatable bonds is 6. The van der Waals surface area contributed by atoms with Crippen molar-refractivity contribution in [2.45, 2.75) is 53.9 Å². The molecule has 1 aliphatic carbocycles. The molecule has 21 heavy (non-hydrogen) atoms. The van der Waals surface area contributed by atoms with Gasteiger partial charge in [-0.1, -0.05) is 27.7 Å². The molecule has 4 heteroatoms. The lowest BCUT2D eigenvalue weighted by atomic mass is 9.51. The smallest absolute Gasteiger partial charge is 0.306 e. The molecule has 2 atom stereocenters. The average Bonchev–Trinajstić information content (AvgIpc) is 2.47. The molecule has 0 amide bonds. The van der Waals surface area contributed by atoms with Crippen LogP contribution in [0.25, 0.3) is 0 Å². The SMILES string of the molecule is CCOC(=O)CC(CC)(CC)C1(C)C(=O)C=CC(=O)C1C. The highest BCUT2D eigenvalue weighted by atomic mass is 16.5. The van der Waals surface area contributed by atoms with Crippen molar-refractivity contribution in [3.05, 3.63) is 12.2 Å². The Morgan fingerprint density at radius 2 is 1.81 bits per heavy atom. The van der Waals surface area contributed by atoms with E-state index in [2.05, 4.69) is 0 Å². The lowest BCUT2D eigenvalue weighted by Gasteiger charge is -2.50. The van der Waals surface area contributed by atoms with Crippen molar-refractivity contribution in [3.63, 3.8) is 0 Å². The predicted octanol–water partition coefficient (Wildman–Crippen LogP) is 3.10. The summed E-state index contributed by atoms with van der Waals surface area (Å²) in [5, 5.41) is 0. The number of hydrogen-bond acceptors (Lipinski definition) is 4. The van der Waals surface area contributed by atoms with Crippen molar-refractivity contribution in [2.75, 3.05) is 6.61 Å². The highest BCUT2D eigenvalue weighted by molar-refractivity contribution is 6.09. The zero-order chi connectivity index (χ0) is 16.3. The number of carbonyl (C=O) groups excluding carboxylic acids is 3. The minimum atomic E-state index is -0.866. The first-order valence-electron chi connectivity index (χ1n) is 7.71. The predicted molar refractivity (Wildman–Crippen MR) is 80.7 cm³/mol. The van der Waals surface area contributed by atoms with Gasteiger partial charge in [0.2, 0.25) is 0 Å². The molecule has 0 aromatic carbocycles. The third-order valence-electron chi connectivity index (χ3n) is 5.45. The Morgan fingerprint density at radius 3 is 2.29 bits per heavy atom. The number of esters is 1. The second kappa shape index (κ2) is 6.54. The van der Waals surface area contributed by atoms with Crippen LogP contribution < -0.4 is 0 Å². The van der Waals surface area contributed by atoms with Crippen LogP contribution >= 0.6 is 0 Å². The number of carbonyl (C=O) groups is 3. The Balaban J connectivity index is 3.30. The molecule has 0 aliphatic heterocycles. The van der Waals surface area contributed by atoms with Crippen LogP contribution in [0.2, 0.25) is 0 Å². The molecule has 0 heterocycles. The van der Waals surface area contributed by atoms with Crippen LogP contribution in [0.3, 0.4) is 0 Å². The molecule has 0 saturated heterocycles. The van der Waals surface area contributed by atoms with Crippen LogP contribution in [-0.2, 0) is 19.1 Å². The van der Waals surface area contributed by atoms with E-state index in [0.717, 1.165) is 0 Å². The number of hydrogen-bond donors (Lipinski definition) is 0. The Labute approximate surface area is 126 Å². The van der Waals surface area contributed by atoms with Gasteiger partial charge >= 0.3 is 5.97 Å². The zero-order valence-electron chi connectivity index (χ0n) is 13.7. The van der Waals surface area contributed by atoms with Crippen LogP contribution in [0.5, 0.6) is 0 Å². The van der Waals surface area contributed by atoms with Gasteiger partial charge in [0, 0.05) is 11.3 Å². The minimum Gasteiger partial charge on any atom is -0.466 e. The summed E-state index contributed by atoms with van der Waals surface area (Å²) in [6.07, 6.45) is 4.19. The summed E-state index contributed by atoms with van der Waals surface area (Å²) in [6.45, 7) is 9.64. The second-order valence-corrected chi connectivity index (χ2v) is 5.99. The molecule has 0 N–H and O–H groups in total. The Kier molecular flexibility index (Phi) is 5.48. The zero-order valence-corrected chi connectivity index (χ0v) is 13.7. The molecule has 0 bridgehead atoms. The van der Waals surface area contributed by atoms with E-state index < -0.39 is 16.7 Å². The summed E-state index contributed by atoms with van der Waals surface area (Å²) in [5.74, 6) is -0.844. The van der Waals surface area contributed by atoms with Gasteiger partial charge in [0.05, 0.1) is 13.0 Å². The fourth-order valence-corrected chi connectivity index (χ4v) is 3.60. The van der Waals surface area contributed by atoms with Crippen molar-refractivity contribution < 1.29 is 19.1 Å². The van der Waals surface area contributed by atoms with E-state index in [9.17, 15) is 14.4 Å². The molecule has 0 radical (unpaired) electrons. The summed E-state index contributed by atoms with van der Waals surface area (Å²) in [5.41, 5.74) is -1.43. The van der Waals surface area contributed by atoms with Crippen molar-refractivity contribution in [1.29, 1.82) is 0 Å². The van der Waals surface area contributed by atoms with Crippen molar-refractivity contribution in [3.8, 4) is 0 Å². The Bertz CT molecular complexity index is 459. The second-order valence-electron chi connectivity index (χ2n) is 5.99. The molecule has 4 nitrogen and oxygen atoms in total. The number of allylic oxidation sites excluding steroid dienone is 2. The quantitative estimate of drug-likeness (QED) is 0.706. The van der Waals surface area contributed by atoms with Gasteiger partial charge in [0.1, 0.15) is 0 Å². The molecule has 0 spiro atoms. The van der Waals surface area contributed by atoms with Crippen LogP contribution in [0.15, 0.2) is 12.2 Å². The normalized spacial score (nSPS) is 26.0. The minimum absolute atomic E-state index is 0.0489. The fourth-order valence-electron chi connectivity index (χ4n) is 3.60. The first-order chi connectivity index (χ1) is 9.79. The largest absolute Gasteiger partial charge is 0.466 e. The van der Waals surface area contributed by atoms with E-state index in [1.807, 2.05) is 20.8 Å². The Morgan fingerprint density at radius 1 is 1.24 bits per heavy atom. The van der Waals surface area contributed by atoms with E-state index in [4.69, 9.17) is 4.74 Å². The van der Waals surface area contributed by atoms with Gasteiger partial charge in [-0.05, 0) is 37.3 Å². The van der Waals surface area contributed by atoms with E-state index in [1.54, 1.807) is 13.8 Å². The fraction of sp³-hybridized carbons (Fsp3) is 0.706. The van der Waals surface area contributed by atoms with E-state index >= 15 is 0 Å². The summed E-state index contributed by atoms with van der Waals surface area (Å²) in [4.78, 5) is 36.7. The average molecular weight is 294 g/mol. The highest BCUT2D eigenvalue weighted by Crippen LogP contribution is 2.54. The van der Waals surface area contributed by atoms with Gasteiger partial charge in [0.25, 0.3) is 0 Å². The monoisotopic (exact) mass is 294 g/mol. The number of ketones is 2. The van der Waals surface area contributed by atoms with Gasteiger partial charge in [-0.2, -0.15) is 0 Å². The first-order valence-corrected chi connectivity index (χ1v) is 7.71. The lowest BCUT2D eigenvalue weighted by molar-refractivity contribution is -0.157. The molecule has 0 aromatic heterocycles. The van der Waals surface area contributed by atoms with Gasteiger partial charge in [-0.25, -0.2) is 0 Å². The maximum Gasteiger partial charge on any atom is 0.306 e. The molecule has 1 aliphatic rings. The standard InChI is InChI=1S/C17H26O4/c1-6-17(7-2,11-15(20)21-8-3)16(5)12(4)13(18)9-10-14(16)19/h9-10,12H,6-8,11H2,1-5H3. The molecule has 0 saturated carbocycles. The van der Waals surface area contributed by atoms with Crippen LogP contribution in [0.1, 0.15) is 53.9 Å². The van der Waals surface area contributed by atoms with Crippen molar-refractivity contribution in [1.82, 2.24) is 0 Å². The van der Waals surface area contributed by atoms with Crippen molar-refractivity contribution in [2.24, 2.45) is 16.7 Å². The third-order valence-corrected chi connectivity index (χ3v) is 5.45. The maximum absolute atomic E-state index is 12.6. The van der Waals surface area contributed by atoms with Crippen molar-refractivity contribution >= 4 is 17.5 Å². The Hall–Kier alpha value is -1.45. The summed E-state index contributed by atoms with van der Waals surface area (Å²) in [6, 6.07) is 0. The molecule has 1 rings (SSSR count). The van der Waals surface area contributed by atoms with Crippen LogP contribution in [0, 0.1) is 16.7 Å². The van der Waals surface area contributed by atoms with Gasteiger partial charge in [-0.15, -0.1) is 0 Å². The van der Waals surface area contributed by atoms with Gasteiger partial charge in [0.15, 0.2) is 11.6 Å². The van der Waals surface area contributed by atoms with E-state index in [0.29, 0.717) is 19.4 Å². The van der Waals surface area contributed by atoms with E-state index in [-0.39, 0.29) is 24.0 Å². The van der Waals surface area contributed by atoms with Crippen LogP contribution in [-0.4, -0.2) is 24.1 Å². The molecule has 0 aromatic rings. The van der Waals surface area contributed by atoms with Crippen LogP contribution in [0.4, 0.5) is 0 Å². The topological polar surface area (TPSA) is 60.4 Å². The summed E-state index contributed by atoms with van der Waals surface area (Å²) < 4.78 is 5.08. The van der Waals surface area contributed by atoms with E-state index in [1.165, 1.54) is 12.2 Å². The summed E-state index contributed by atoms with van der Waals surface area (Å²) >= 11 is 0. The maximum atomic E-state index is 12.6. The number of ether oxygens (including phenoxy) is 1. The molecular weight excluding hydrogens is 268 g/mol. The summed E-state index contributed by atoms with van der Waals surface area (Å²) in [7, 11) is 0.